The first-order valence-electron chi connectivity index (χ1n) is 8.33. The third-order valence-corrected chi connectivity index (χ3v) is 7.26. The zero-order valence-corrected chi connectivity index (χ0v) is 16.1. The van der Waals surface area contributed by atoms with Gasteiger partial charge >= 0.3 is 0 Å². The number of hydrogen-bond acceptors (Lipinski definition) is 4. The molecule has 4 rings (SSSR count). The molecule has 1 atom stereocenters. The number of hydrogen-bond donors (Lipinski definition) is 0. The van der Waals surface area contributed by atoms with Crippen LogP contribution in [0.3, 0.4) is 0 Å². The van der Waals surface area contributed by atoms with E-state index in [-0.39, 0.29) is 16.0 Å². The van der Waals surface area contributed by atoms with Crippen molar-refractivity contribution in [2.75, 3.05) is 19.8 Å². The molecule has 0 radical (unpaired) electrons. The van der Waals surface area contributed by atoms with Crippen LogP contribution < -0.4 is 9.47 Å². The van der Waals surface area contributed by atoms with Crippen molar-refractivity contribution in [2.24, 2.45) is 0 Å². The van der Waals surface area contributed by atoms with Crippen molar-refractivity contribution in [3.8, 4) is 11.5 Å². The molecule has 0 bridgehead atoms. The fourth-order valence-corrected chi connectivity index (χ4v) is 5.85. The maximum atomic E-state index is 13.2. The fraction of sp³-hybridized carbons (Fsp3) is 0.333. The molecule has 2 aromatic rings. The van der Waals surface area contributed by atoms with Crippen molar-refractivity contribution in [1.82, 2.24) is 4.31 Å². The Morgan fingerprint density at radius 3 is 2.58 bits per heavy atom. The van der Waals surface area contributed by atoms with Gasteiger partial charge in [0.1, 0.15) is 18.1 Å². The zero-order chi connectivity index (χ0) is 18.3. The van der Waals surface area contributed by atoms with Gasteiger partial charge in [-0.3, -0.25) is 0 Å². The van der Waals surface area contributed by atoms with Crippen LogP contribution >= 0.6 is 23.2 Å². The van der Waals surface area contributed by atoms with Crippen LogP contribution in [0.15, 0.2) is 41.3 Å². The van der Waals surface area contributed by atoms with Crippen molar-refractivity contribution in [3.05, 3.63) is 52.0 Å². The monoisotopic (exact) mass is 413 g/mol. The summed E-state index contributed by atoms with van der Waals surface area (Å²) in [5.41, 5.74) is 0.883. The molecule has 138 valence electrons. The number of rotatable bonds is 3. The van der Waals surface area contributed by atoms with Gasteiger partial charge in [0.25, 0.3) is 0 Å². The van der Waals surface area contributed by atoms with Crippen molar-refractivity contribution in [3.63, 3.8) is 0 Å². The van der Waals surface area contributed by atoms with Gasteiger partial charge in [0.05, 0.1) is 11.1 Å². The highest BCUT2D eigenvalue weighted by molar-refractivity contribution is 7.89. The second-order valence-electron chi connectivity index (χ2n) is 6.25. The summed E-state index contributed by atoms with van der Waals surface area (Å²) < 4.78 is 39.1. The quantitative estimate of drug-likeness (QED) is 0.752. The third-order valence-electron chi connectivity index (χ3n) is 4.63. The van der Waals surface area contributed by atoms with Crippen molar-refractivity contribution in [1.29, 1.82) is 0 Å². The molecule has 2 aliphatic rings. The van der Waals surface area contributed by atoms with E-state index in [1.807, 2.05) is 18.2 Å². The van der Waals surface area contributed by atoms with E-state index in [4.69, 9.17) is 32.7 Å². The summed E-state index contributed by atoms with van der Waals surface area (Å²) in [6.07, 6.45) is 1.51. The summed E-state index contributed by atoms with van der Waals surface area (Å²) in [5, 5.41) is 0.505. The second kappa shape index (κ2) is 6.93. The molecule has 2 heterocycles. The summed E-state index contributed by atoms with van der Waals surface area (Å²) in [5.74, 6) is 1.34. The van der Waals surface area contributed by atoms with Gasteiger partial charge in [-0.15, -0.1) is 0 Å². The average Bonchev–Trinajstić information content (AvgIpc) is 3.14. The topological polar surface area (TPSA) is 55.8 Å². The van der Waals surface area contributed by atoms with E-state index in [2.05, 4.69) is 0 Å². The highest BCUT2D eigenvalue weighted by Crippen LogP contribution is 2.41. The van der Waals surface area contributed by atoms with Crippen LogP contribution in [0.4, 0.5) is 0 Å². The smallest absolute Gasteiger partial charge is 0.245 e. The zero-order valence-electron chi connectivity index (χ0n) is 13.8. The molecule has 0 spiro atoms. The van der Waals surface area contributed by atoms with Gasteiger partial charge in [-0.05, 0) is 48.7 Å². The Labute approximate surface area is 162 Å². The molecule has 1 unspecified atom stereocenters. The van der Waals surface area contributed by atoms with Crippen LogP contribution in [0.5, 0.6) is 11.5 Å². The van der Waals surface area contributed by atoms with Gasteiger partial charge in [0, 0.05) is 11.6 Å². The minimum Gasteiger partial charge on any atom is -0.486 e. The molecule has 0 aliphatic carbocycles. The molecular weight excluding hydrogens is 397 g/mol. The van der Waals surface area contributed by atoms with Gasteiger partial charge in [0.2, 0.25) is 10.0 Å². The molecule has 0 N–H and O–H groups in total. The predicted octanol–water partition coefficient (Wildman–Crippen LogP) is 4.29. The van der Waals surface area contributed by atoms with Crippen LogP contribution in [0, 0.1) is 0 Å². The summed E-state index contributed by atoms with van der Waals surface area (Å²) in [7, 11) is -3.77. The first-order valence-corrected chi connectivity index (χ1v) is 10.5. The maximum Gasteiger partial charge on any atom is 0.245 e. The molecule has 2 aromatic carbocycles. The largest absolute Gasteiger partial charge is 0.486 e. The number of benzene rings is 2. The third kappa shape index (κ3) is 3.16. The lowest BCUT2D eigenvalue weighted by Crippen LogP contribution is -2.31. The van der Waals surface area contributed by atoms with Gasteiger partial charge in [-0.2, -0.15) is 4.31 Å². The normalized spacial score (nSPS) is 20.3. The van der Waals surface area contributed by atoms with Crippen LogP contribution in [0.2, 0.25) is 10.0 Å². The summed E-state index contributed by atoms with van der Waals surface area (Å²) in [4.78, 5) is 0.0381. The van der Waals surface area contributed by atoms with Gasteiger partial charge in [-0.1, -0.05) is 29.3 Å². The fourth-order valence-electron chi connectivity index (χ4n) is 3.43. The average molecular weight is 414 g/mol. The van der Waals surface area contributed by atoms with E-state index in [9.17, 15) is 8.42 Å². The van der Waals surface area contributed by atoms with Crippen molar-refractivity contribution >= 4 is 33.2 Å². The molecule has 2 aliphatic heterocycles. The van der Waals surface area contributed by atoms with E-state index in [1.165, 1.54) is 16.4 Å². The Morgan fingerprint density at radius 2 is 1.77 bits per heavy atom. The molecule has 0 saturated carbocycles. The summed E-state index contributed by atoms with van der Waals surface area (Å²) >= 11 is 12.1. The maximum absolute atomic E-state index is 13.2. The van der Waals surface area contributed by atoms with E-state index < -0.39 is 10.0 Å². The van der Waals surface area contributed by atoms with Crippen molar-refractivity contribution < 1.29 is 17.9 Å². The molecule has 26 heavy (non-hydrogen) atoms. The summed E-state index contributed by atoms with van der Waals surface area (Å²) in [6, 6.07) is 9.80. The minimum absolute atomic E-state index is 0.0381. The van der Waals surface area contributed by atoms with E-state index in [0.29, 0.717) is 36.3 Å². The lowest BCUT2D eigenvalue weighted by Gasteiger charge is -2.26. The molecule has 1 saturated heterocycles. The molecule has 1 fully saturated rings. The SMILES string of the molecule is O=S(=O)(c1cc(Cl)ccc1Cl)N1CCCC1c1ccc2c(c1)OCCO2. The highest BCUT2D eigenvalue weighted by Gasteiger charge is 2.37. The first kappa shape index (κ1) is 17.9. The number of sulfonamides is 1. The van der Waals surface area contributed by atoms with Gasteiger partial charge < -0.3 is 9.47 Å². The lowest BCUT2D eigenvalue weighted by molar-refractivity contribution is 0.171. The Morgan fingerprint density at radius 1 is 1.00 bits per heavy atom. The number of halogens is 2. The van der Waals surface area contributed by atoms with Crippen molar-refractivity contribution in [2.45, 2.75) is 23.8 Å². The minimum atomic E-state index is -3.77. The number of ether oxygens (including phenoxy) is 2. The first-order chi connectivity index (χ1) is 12.5. The standard InChI is InChI=1S/C18H17Cl2NO4S/c19-13-4-5-14(20)18(11-13)26(22,23)21-7-1-2-15(21)12-3-6-16-17(10-12)25-9-8-24-16/h3-6,10-11,15H,1-2,7-9H2. The molecular formula is C18H17Cl2NO4S. The van der Waals surface area contributed by atoms with Gasteiger partial charge in [-0.25, -0.2) is 8.42 Å². The Bertz CT molecular complexity index is 948. The molecule has 8 heteroatoms. The van der Waals surface area contributed by atoms with Crippen LogP contribution in [-0.2, 0) is 10.0 Å². The van der Waals surface area contributed by atoms with Crippen LogP contribution in [0.25, 0.3) is 0 Å². The Kier molecular flexibility index (Phi) is 4.77. The van der Waals surface area contributed by atoms with Crippen LogP contribution in [-0.4, -0.2) is 32.5 Å². The number of fused-ring (bicyclic) bond motifs is 1. The molecule has 0 aromatic heterocycles. The molecule has 5 nitrogen and oxygen atoms in total. The van der Waals surface area contributed by atoms with Gasteiger partial charge in [0.15, 0.2) is 11.5 Å². The van der Waals surface area contributed by atoms with E-state index >= 15 is 0 Å². The Hall–Kier alpha value is -1.47. The summed E-state index contributed by atoms with van der Waals surface area (Å²) in [6.45, 7) is 1.44. The van der Waals surface area contributed by atoms with E-state index in [1.54, 1.807) is 6.07 Å². The number of nitrogens with zero attached hydrogens (tertiary/aromatic N) is 1. The second-order valence-corrected chi connectivity index (χ2v) is 8.95. The highest BCUT2D eigenvalue weighted by atomic mass is 35.5. The predicted molar refractivity (Wildman–Crippen MR) is 99.8 cm³/mol. The lowest BCUT2D eigenvalue weighted by atomic mass is 10.0. The van der Waals surface area contributed by atoms with Crippen LogP contribution in [0.1, 0.15) is 24.4 Å². The Balaban J connectivity index is 1.71. The molecule has 0 amide bonds. The van der Waals surface area contributed by atoms with E-state index in [0.717, 1.165) is 18.4 Å².